The van der Waals surface area contributed by atoms with E-state index in [1.54, 1.807) is 65.2 Å². The number of carbonyl (C=O) groups is 2. The number of hydrogen-bond acceptors (Lipinski definition) is 4. The topological polar surface area (TPSA) is 65.4 Å². The Kier molecular flexibility index (Phi) is 5.14. The maximum Gasteiger partial charge on any atom is 0.326 e. The van der Waals surface area contributed by atoms with E-state index in [0.717, 1.165) is 0 Å². The zero-order chi connectivity index (χ0) is 20.4. The summed E-state index contributed by atoms with van der Waals surface area (Å²) in [4.78, 5) is 37.4. The molecule has 1 aromatic heterocycles. The molecule has 0 radical (unpaired) electrons. The zero-order valence-electron chi connectivity index (χ0n) is 15.3. The summed E-state index contributed by atoms with van der Waals surface area (Å²) in [7, 11) is 0. The Bertz CT molecular complexity index is 1230. The quantitative estimate of drug-likeness (QED) is 0.283. The largest absolute Gasteiger partial charge is 0.456 e. The first kappa shape index (κ1) is 18.9. The van der Waals surface area contributed by atoms with Crippen LogP contribution < -0.4 is 5.43 Å². The summed E-state index contributed by atoms with van der Waals surface area (Å²) in [6.07, 6.45) is 0. The molecule has 3 aromatic carbocycles. The van der Waals surface area contributed by atoms with Crippen molar-refractivity contribution in [2.75, 3.05) is 6.61 Å². The summed E-state index contributed by atoms with van der Waals surface area (Å²) in [5.74, 6) is -0.879. The molecule has 1 heterocycles. The molecule has 0 amide bonds. The number of carbonyl (C=O) groups excluding carboxylic acids is 2. The van der Waals surface area contributed by atoms with Crippen molar-refractivity contribution in [1.29, 1.82) is 0 Å². The summed E-state index contributed by atoms with van der Waals surface area (Å²) in [6, 6.07) is 20.6. The number of pyridine rings is 1. The zero-order valence-corrected chi connectivity index (χ0v) is 16.1. The van der Waals surface area contributed by atoms with Crippen molar-refractivity contribution in [3.05, 3.63) is 93.6 Å². The Morgan fingerprint density at radius 1 is 0.828 bits per heavy atom. The van der Waals surface area contributed by atoms with Crippen molar-refractivity contribution >= 4 is 45.2 Å². The number of aromatic nitrogens is 1. The van der Waals surface area contributed by atoms with Gasteiger partial charge in [0.15, 0.2) is 17.8 Å². The minimum absolute atomic E-state index is 0.0845. The molecule has 0 aliphatic heterocycles. The maximum absolute atomic E-state index is 12.7. The van der Waals surface area contributed by atoms with E-state index in [2.05, 4.69) is 0 Å². The SMILES string of the molecule is O=C(Cn1c2ccccc2c(=O)c2ccccc21)OCC(=O)c1ccc(Cl)cc1. The van der Waals surface area contributed by atoms with Gasteiger partial charge in [0.2, 0.25) is 0 Å². The van der Waals surface area contributed by atoms with Gasteiger partial charge in [0.1, 0.15) is 6.54 Å². The molecule has 0 atom stereocenters. The fourth-order valence-electron chi connectivity index (χ4n) is 3.29. The molecule has 0 unspecified atom stereocenters. The second kappa shape index (κ2) is 7.89. The average Bonchev–Trinajstić information content (AvgIpc) is 2.75. The Morgan fingerprint density at radius 3 is 1.97 bits per heavy atom. The molecule has 0 aliphatic rings. The summed E-state index contributed by atoms with van der Waals surface area (Å²) in [5, 5.41) is 1.57. The molecule has 0 aliphatic carbocycles. The van der Waals surface area contributed by atoms with Crippen LogP contribution in [-0.2, 0) is 16.1 Å². The van der Waals surface area contributed by atoms with Crippen molar-refractivity contribution in [3.63, 3.8) is 0 Å². The summed E-state index contributed by atoms with van der Waals surface area (Å²) in [5.41, 5.74) is 1.61. The van der Waals surface area contributed by atoms with Gasteiger partial charge in [0.25, 0.3) is 0 Å². The Morgan fingerprint density at radius 2 is 1.38 bits per heavy atom. The molecule has 0 saturated heterocycles. The highest BCUT2D eigenvalue weighted by Crippen LogP contribution is 2.19. The van der Waals surface area contributed by atoms with Gasteiger partial charge in [-0.05, 0) is 48.5 Å². The van der Waals surface area contributed by atoms with Crippen LogP contribution in [0.2, 0.25) is 5.02 Å². The van der Waals surface area contributed by atoms with Crippen LogP contribution >= 0.6 is 11.6 Å². The third-order valence-electron chi connectivity index (χ3n) is 4.70. The van der Waals surface area contributed by atoms with Gasteiger partial charge >= 0.3 is 5.97 Å². The van der Waals surface area contributed by atoms with Crippen molar-refractivity contribution < 1.29 is 14.3 Å². The third kappa shape index (κ3) is 3.77. The summed E-state index contributed by atoms with van der Waals surface area (Å²) < 4.78 is 6.94. The van der Waals surface area contributed by atoms with E-state index in [-0.39, 0.29) is 24.4 Å². The summed E-state index contributed by atoms with van der Waals surface area (Å²) >= 11 is 5.82. The predicted molar refractivity (Wildman–Crippen MR) is 112 cm³/mol. The van der Waals surface area contributed by atoms with E-state index in [0.29, 0.717) is 32.4 Å². The molecule has 29 heavy (non-hydrogen) atoms. The first-order valence-corrected chi connectivity index (χ1v) is 9.37. The van der Waals surface area contributed by atoms with Crippen molar-refractivity contribution in [2.24, 2.45) is 0 Å². The molecule has 0 bridgehead atoms. The molecule has 0 saturated carbocycles. The van der Waals surface area contributed by atoms with Crippen LogP contribution in [0.25, 0.3) is 21.8 Å². The molecule has 5 nitrogen and oxygen atoms in total. The highest BCUT2D eigenvalue weighted by atomic mass is 35.5. The predicted octanol–water partition coefficient (Wildman–Crippen LogP) is 4.23. The standard InChI is InChI=1S/C23H16ClNO4/c24-16-11-9-15(10-12-16)21(26)14-29-22(27)13-25-19-7-3-1-5-17(19)23(28)18-6-2-4-8-20(18)25/h1-12H,13-14H2. The van der Waals surface area contributed by atoms with Crippen molar-refractivity contribution in [1.82, 2.24) is 4.57 Å². The fraction of sp³-hybridized carbons (Fsp3) is 0.0870. The van der Waals surface area contributed by atoms with Crippen molar-refractivity contribution in [3.8, 4) is 0 Å². The van der Waals surface area contributed by atoms with Gasteiger partial charge in [-0.15, -0.1) is 0 Å². The van der Waals surface area contributed by atoms with E-state index in [1.807, 2.05) is 12.1 Å². The normalized spacial score (nSPS) is 10.9. The van der Waals surface area contributed by atoms with Crippen LogP contribution in [0.3, 0.4) is 0 Å². The second-order valence-corrected chi connectivity index (χ2v) is 6.98. The lowest BCUT2D eigenvalue weighted by Crippen LogP contribution is -2.20. The molecule has 6 heteroatoms. The van der Waals surface area contributed by atoms with Gasteiger partial charge in [0, 0.05) is 21.4 Å². The maximum atomic E-state index is 12.7. The Labute approximate surface area is 171 Å². The van der Waals surface area contributed by atoms with E-state index >= 15 is 0 Å². The lowest BCUT2D eigenvalue weighted by molar-refractivity contribution is -0.143. The number of rotatable bonds is 5. The first-order valence-electron chi connectivity index (χ1n) is 8.99. The fourth-order valence-corrected chi connectivity index (χ4v) is 3.41. The highest BCUT2D eigenvalue weighted by molar-refractivity contribution is 6.30. The lowest BCUT2D eigenvalue weighted by Gasteiger charge is -2.14. The van der Waals surface area contributed by atoms with Gasteiger partial charge in [0.05, 0.1) is 11.0 Å². The van der Waals surface area contributed by atoms with E-state index in [1.165, 1.54) is 0 Å². The number of nitrogens with zero attached hydrogens (tertiary/aromatic N) is 1. The minimum Gasteiger partial charge on any atom is -0.456 e. The van der Waals surface area contributed by atoms with Gasteiger partial charge in [-0.2, -0.15) is 0 Å². The van der Waals surface area contributed by atoms with E-state index in [9.17, 15) is 14.4 Å². The van der Waals surface area contributed by atoms with Crippen molar-refractivity contribution in [2.45, 2.75) is 6.54 Å². The smallest absolute Gasteiger partial charge is 0.326 e. The lowest BCUT2D eigenvalue weighted by atomic mass is 10.1. The van der Waals surface area contributed by atoms with Crippen LogP contribution in [-0.4, -0.2) is 22.9 Å². The molecule has 0 fully saturated rings. The van der Waals surface area contributed by atoms with E-state index in [4.69, 9.17) is 16.3 Å². The monoisotopic (exact) mass is 405 g/mol. The second-order valence-electron chi connectivity index (χ2n) is 6.54. The first-order chi connectivity index (χ1) is 14.0. The van der Waals surface area contributed by atoms with Crippen LogP contribution in [0, 0.1) is 0 Å². The molecular formula is C23H16ClNO4. The van der Waals surface area contributed by atoms with E-state index < -0.39 is 5.97 Å². The van der Waals surface area contributed by atoms with Gasteiger partial charge in [-0.1, -0.05) is 35.9 Å². The van der Waals surface area contributed by atoms with Gasteiger partial charge < -0.3 is 9.30 Å². The third-order valence-corrected chi connectivity index (χ3v) is 4.95. The number of benzene rings is 3. The molecule has 144 valence electrons. The number of ether oxygens (including phenoxy) is 1. The van der Waals surface area contributed by atoms with Gasteiger partial charge in [-0.3, -0.25) is 14.4 Å². The number of fused-ring (bicyclic) bond motifs is 2. The van der Waals surface area contributed by atoms with Crippen LogP contribution in [0.15, 0.2) is 77.6 Å². The number of Topliss-reactive ketones (excluding diaryl/α,β-unsaturated/α-hetero) is 1. The molecule has 4 aromatic rings. The van der Waals surface area contributed by atoms with Crippen LogP contribution in [0.5, 0.6) is 0 Å². The van der Waals surface area contributed by atoms with Gasteiger partial charge in [-0.25, -0.2) is 0 Å². The summed E-state index contributed by atoms with van der Waals surface area (Å²) in [6.45, 7) is -0.480. The Hall–Kier alpha value is -3.44. The number of para-hydroxylation sites is 2. The molecule has 0 spiro atoms. The van der Waals surface area contributed by atoms with Crippen LogP contribution in [0.1, 0.15) is 10.4 Å². The Balaban J connectivity index is 1.61. The average molecular weight is 406 g/mol. The molecule has 4 rings (SSSR count). The number of halogens is 1. The number of hydrogen-bond donors (Lipinski definition) is 0. The number of ketones is 1. The minimum atomic E-state index is -0.564. The van der Waals surface area contributed by atoms with Crippen LogP contribution in [0.4, 0.5) is 0 Å². The highest BCUT2D eigenvalue weighted by Gasteiger charge is 2.15. The molecular weight excluding hydrogens is 390 g/mol. The number of esters is 1. The molecule has 0 N–H and O–H groups in total.